The SMILES string of the molecule is CCCCCN1C(=O)c2cc(Cl)nnc2Oc2ccc3ccccc3c21. The van der Waals surface area contributed by atoms with Gasteiger partial charge >= 0.3 is 0 Å². The fourth-order valence-electron chi connectivity index (χ4n) is 3.27. The monoisotopic (exact) mass is 367 g/mol. The second kappa shape index (κ2) is 6.92. The predicted octanol–water partition coefficient (Wildman–Crippen LogP) is 5.23. The van der Waals surface area contributed by atoms with Gasteiger partial charge < -0.3 is 9.64 Å². The molecule has 26 heavy (non-hydrogen) atoms. The third-order valence-corrected chi connectivity index (χ3v) is 4.72. The molecular formula is C20H18ClN3O2. The van der Waals surface area contributed by atoms with Crippen LogP contribution in [0.25, 0.3) is 10.8 Å². The highest BCUT2D eigenvalue weighted by Gasteiger charge is 2.31. The van der Waals surface area contributed by atoms with Gasteiger partial charge in [-0.25, -0.2) is 0 Å². The van der Waals surface area contributed by atoms with Gasteiger partial charge in [0.2, 0.25) is 0 Å². The molecule has 0 fully saturated rings. The van der Waals surface area contributed by atoms with Gasteiger partial charge in [0.25, 0.3) is 11.8 Å². The molecule has 2 heterocycles. The third kappa shape index (κ3) is 2.88. The molecule has 5 nitrogen and oxygen atoms in total. The quantitative estimate of drug-likeness (QED) is 0.593. The predicted molar refractivity (Wildman–Crippen MR) is 102 cm³/mol. The molecule has 0 bridgehead atoms. The van der Waals surface area contributed by atoms with Gasteiger partial charge in [-0.1, -0.05) is 61.7 Å². The van der Waals surface area contributed by atoms with E-state index in [4.69, 9.17) is 16.3 Å². The molecule has 1 aliphatic rings. The topological polar surface area (TPSA) is 55.3 Å². The number of aromatic nitrogens is 2. The molecule has 0 unspecified atom stereocenters. The Kier molecular flexibility index (Phi) is 4.47. The summed E-state index contributed by atoms with van der Waals surface area (Å²) in [5, 5.41) is 10.0. The van der Waals surface area contributed by atoms with E-state index in [1.807, 2.05) is 36.4 Å². The Labute approximate surface area is 156 Å². The summed E-state index contributed by atoms with van der Waals surface area (Å²) in [5.41, 5.74) is 1.11. The van der Waals surface area contributed by atoms with E-state index >= 15 is 0 Å². The average molecular weight is 368 g/mol. The first kappa shape index (κ1) is 16.8. The Balaban J connectivity index is 1.92. The number of halogens is 1. The van der Waals surface area contributed by atoms with Crippen LogP contribution in [0.2, 0.25) is 5.15 Å². The number of amides is 1. The number of hydrogen-bond donors (Lipinski definition) is 0. The lowest BCUT2D eigenvalue weighted by molar-refractivity contribution is 0.0986. The van der Waals surface area contributed by atoms with Crippen LogP contribution in [0.5, 0.6) is 11.6 Å². The Morgan fingerprint density at radius 3 is 2.81 bits per heavy atom. The highest BCUT2D eigenvalue weighted by atomic mass is 35.5. The van der Waals surface area contributed by atoms with Crippen LogP contribution in [0.15, 0.2) is 42.5 Å². The summed E-state index contributed by atoms with van der Waals surface area (Å²) in [6.07, 6.45) is 3.04. The molecule has 0 atom stereocenters. The van der Waals surface area contributed by atoms with Crippen LogP contribution in [-0.2, 0) is 0 Å². The number of hydrogen-bond acceptors (Lipinski definition) is 4. The van der Waals surface area contributed by atoms with Gasteiger partial charge in [-0.15, -0.1) is 10.2 Å². The Hall–Kier alpha value is -2.66. The lowest BCUT2D eigenvalue weighted by Gasteiger charge is -2.23. The molecule has 0 N–H and O–H groups in total. The van der Waals surface area contributed by atoms with Gasteiger partial charge in [0, 0.05) is 11.9 Å². The van der Waals surface area contributed by atoms with Gasteiger partial charge in [0.15, 0.2) is 10.9 Å². The number of benzene rings is 2. The maximum absolute atomic E-state index is 13.3. The Morgan fingerprint density at radius 2 is 1.96 bits per heavy atom. The van der Waals surface area contributed by atoms with Gasteiger partial charge in [0.05, 0.1) is 5.69 Å². The number of unbranched alkanes of at least 4 members (excludes halogenated alkanes) is 2. The minimum Gasteiger partial charge on any atom is -0.435 e. The molecule has 2 aromatic carbocycles. The van der Waals surface area contributed by atoms with Crippen molar-refractivity contribution in [2.45, 2.75) is 26.2 Å². The van der Waals surface area contributed by atoms with E-state index in [2.05, 4.69) is 17.1 Å². The lowest BCUT2D eigenvalue weighted by Crippen LogP contribution is -2.31. The Morgan fingerprint density at radius 1 is 1.12 bits per heavy atom. The number of fused-ring (bicyclic) bond motifs is 4. The average Bonchev–Trinajstić information content (AvgIpc) is 2.77. The fraction of sp³-hybridized carbons (Fsp3) is 0.250. The molecule has 0 spiro atoms. The molecule has 132 valence electrons. The highest BCUT2D eigenvalue weighted by Crippen LogP contribution is 2.42. The van der Waals surface area contributed by atoms with Crippen LogP contribution < -0.4 is 9.64 Å². The van der Waals surface area contributed by atoms with E-state index in [-0.39, 0.29) is 16.9 Å². The first-order chi connectivity index (χ1) is 12.7. The number of rotatable bonds is 4. The van der Waals surface area contributed by atoms with Crippen LogP contribution in [0.1, 0.15) is 36.5 Å². The van der Waals surface area contributed by atoms with Crippen molar-refractivity contribution in [1.82, 2.24) is 10.2 Å². The van der Waals surface area contributed by atoms with Gasteiger partial charge in [-0.3, -0.25) is 4.79 Å². The zero-order valence-corrected chi connectivity index (χ0v) is 15.2. The van der Waals surface area contributed by atoms with E-state index in [0.717, 1.165) is 35.7 Å². The van der Waals surface area contributed by atoms with E-state index < -0.39 is 0 Å². The van der Waals surface area contributed by atoms with Crippen molar-refractivity contribution in [3.05, 3.63) is 53.2 Å². The molecule has 0 saturated heterocycles. The fourth-order valence-corrected chi connectivity index (χ4v) is 3.41. The minimum absolute atomic E-state index is 0.164. The van der Waals surface area contributed by atoms with Crippen molar-refractivity contribution >= 4 is 34.0 Å². The van der Waals surface area contributed by atoms with Gasteiger partial charge in [-0.2, -0.15) is 0 Å². The summed E-state index contributed by atoms with van der Waals surface area (Å²) in [5.74, 6) is 0.626. The minimum atomic E-state index is -0.164. The number of carbonyl (C=O) groups excluding carboxylic acids is 1. The highest BCUT2D eigenvalue weighted by molar-refractivity contribution is 6.30. The second-order valence-corrected chi connectivity index (χ2v) is 6.67. The normalized spacial score (nSPS) is 13.2. The summed E-state index contributed by atoms with van der Waals surface area (Å²) in [6, 6.07) is 13.4. The summed E-state index contributed by atoms with van der Waals surface area (Å²) in [7, 11) is 0. The molecular weight excluding hydrogens is 350 g/mol. The number of nitrogens with zero attached hydrogens (tertiary/aromatic N) is 3. The van der Waals surface area contributed by atoms with E-state index in [1.165, 1.54) is 6.07 Å². The van der Waals surface area contributed by atoms with Crippen molar-refractivity contribution in [1.29, 1.82) is 0 Å². The molecule has 6 heteroatoms. The molecule has 1 aliphatic heterocycles. The first-order valence-corrected chi connectivity index (χ1v) is 9.11. The third-order valence-electron chi connectivity index (χ3n) is 4.53. The smallest absolute Gasteiger partial charge is 0.264 e. The zero-order chi connectivity index (χ0) is 18.1. The summed E-state index contributed by atoms with van der Waals surface area (Å²) < 4.78 is 5.98. The van der Waals surface area contributed by atoms with Crippen LogP contribution in [0.3, 0.4) is 0 Å². The summed E-state index contributed by atoms with van der Waals surface area (Å²) in [6.45, 7) is 2.75. The van der Waals surface area contributed by atoms with Crippen LogP contribution in [0.4, 0.5) is 5.69 Å². The van der Waals surface area contributed by atoms with E-state index in [0.29, 0.717) is 17.9 Å². The van der Waals surface area contributed by atoms with Crippen LogP contribution in [-0.4, -0.2) is 22.6 Å². The number of anilines is 1. The molecule has 0 radical (unpaired) electrons. The Bertz CT molecular complexity index is 990. The summed E-state index contributed by atoms with van der Waals surface area (Å²) in [4.78, 5) is 15.1. The van der Waals surface area contributed by atoms with Crippen molar-refractivity contribution in [2.24, 2.45) is 0 Å². The van der Waals surface area contributed by atoms with Crippen LogP contribution in [0, 0.1) is 0 Å². The molecule has 1 aromatic heterocycles. The first-order valence-electron chi connectivity index (χ1n) is 8.73. The summed E-state index contributed by atoms with van der Waals surface area (Å²) >= 11 is 5.98. The van der Waals surface area contributed by atoms with E-state index in [9.17, 15) is 4.79 Å². The van der Waals surface area contributed by atoms with E-state index in [1.54, 1.807) is 4.90 Å². The maximum Gasteiger partial charge on any atom is 0.264 e. The molecule has 0 saturated carbocycles. The number of ether oxygens (including phenoxy) is 1. The van der Waals surface area contributed by atoms with Gasteiger partial charge in [-0.05, 0) is 23.9 Å². The zero-order valence-electron chi connectivity index (χ0n) is 14.4. The van der Waals surface area contributed by atoms with Crippen molar-refractivity contribution in [3.8, 4) is 11.6 Å². The standard InChI is InChI=1S/C20H18ClN3O2/c1-2-3-6-11-24-18-14-8-5-4-7-13(14)9-10-16(18)26-19-15(20(24)25)12-17(21)22-23-19/h4-5,7-10,12H,2-3,6,11H2,1H3. The van der Waals surface area contributed by atoms with Crippen molar-refractivity contribution in [2.75, 3.05) is 11.4 Å². The number of carbonyl (C=O) groups is 1. The van der Waals surface area contributed by atoms with Crippen molar-refractivity contribution in [3.63, 3.8) is 0 Å². The molecule has 4 rings (SSSR count). The second-order valence-electron chi connectivity index (χ2n) is 6.29. The van der Waals surface area contributed by atoms with Crippen molar-refractivity contribution < 1.29 is 9.53 Å². The van der Waals surface area contributed by atoms with Gasteiger partial charge in [0.1, 0.15) is 5.56 Å². The maximum atomic E-state index is 13.3. The largest absolute Gasteiger partial charge is 0.435 e. The molecule has 1 amide bonds. The molecule has 0 aliphatic carbocycles. The lowest BCUT2D eigenvalue weighted by atomic mass is 10.1. The van der Waals surface area contributed by atoms with Crippen LogP contribution >= 0.6 is 11.6 Å². The molecule has 3 aromatic rings.